The Morgan fingerprint density at radius 3 is 2.88 bits per heavy atom. The smallest absolute Gasteiger partial charge is 0.325 e. The Bertz CT molecular complexity index is 435. The molecule has 5 heteroatoms. The van der Waals surface area contributed by atoms with E-state index >= 15 is 0 Å². The topological polar surface area (TPSA) is 49.3 Å². The highest BCUT2D eigenvalue weighted by Crippen LogP contribution is 2.29. The maximum Gasteiger partial charge on any atom is 0.325 e. The van der Waals surface area contributed by atoms with Gasteiger partial charge in [0.2, 0.25) is 0 Å². The molecule has 1 aromatic carbocycles. The van der Waals surface area contributed by atoms with Gasteiger partial charge in [-0.3, -0.25) is 4.79 Å². The third-order valence-corrected chi connectivity index (χ3v) is 3.32. The second kappa shape index (κ2) is 5.14. The monoisotopic (exact) mass is 301 g/mol. The van der Waals surface area contributed by atoms with E-state index in [0.29, 0.717) is 16.9 Å². The van der Waals surface area contributed by atoms with Crippen molar-refractivity contribution in [2.24, 2.45) is 5.92 Å². The molecule has 0 radical (unpaired) electrons. The van der Waals surface area contributed by atoms with Crippen molar-refractivity contribution in [3.8, 4) is 0 Å². The minimum Gasteiger partial charge on any atom is -0.480 e. The summed E-state index contributed by atoms with van der Waals surface area (Å²) in [7, 11) is 0. The Kier molecular flexibility index (Phi) is 3.79. The summed E-state index contributed by atoms with van der Waals surface area (Å²) in [5, 5.41) is 12.0. The lowest BCUT2D eigenvalue weighted by molar-refractivity contribution is -0.139. The molecule has 92 valence electrons. The van der Waals surface area contributed by atoms with Crippen LogP contribution in [0.5, 0.6) is 0 Å². The molecular formula is C12H13BrFNO2. The van der Waals surface area contributed by atoms with Gasteiger partial charge in [-0.25, -0.2) is 4.39 Å². The average molecular weight is 302 g/mol. The molecule has 1 aromatic rings. The third-order valence-electron chi connectivity index (χ3n) is 2.82. The van der Waals surface area contributed by atoms with Crippen LogP contribution in [0.4, 0.5) is 4.39 Å². The molecule has 0 amide bonds. The van der Waals surface area contributed by atoms with Crippen molar-refractivity contribution in [2.45, 2.75) is 18.9 Å². The largest absolute Gasteiger partial charge is 0.480 e. The summed E-state index contributed by atoms with van der Waals surface area (Å²) in [5.41, 5.74) is 0.174. The number of benzene rings is 1. The predicted octanol–water partition coefficient (Wildman–Crippen LogP) is 2.71. The number of carbonyl (C=O) groups is 1. The van der Waals surface area contributed by atoms with E-state index in [4.69, 9.17) is 5.11 Å². The Balaban J connectivity index is 2.17. The van der Waals surface area contributed by atoms with Crippen LogP contribution >= 0.6 is 15.9 Å². The zero-order valence-corrected chi connectivity index (χ0v) is 10.7. The fourth-order valence-corrected chi connectivity index (χ4v) is 2.05. The molecule has 0 spiro atoms. The summed E-state index contributed by atoms with van der Waals surface area (Å²) in [5.74, 6) is -1.00. The van der Waals surface area contributed by atoms with Gasteiger partial charge in [-0.15, -0.1) is 0 Å². The predicted molar refractivity (Wildman–Crippen MR) is 65.2 cm³/mol. The fraction of sp³-hybridized carbons (Fsp3) is 0.417. The molecule has 0 saturated heterocycles. The van der Waals surface area contributed by atoms with Crippen LogP contribution < -0.4 is 5.32 Å². The molecular weight excluding hydrogens is 289 g/mol. The van der Waals surface area contributed by atoms with Gasteiger partial charge in [0.1, 0.15) is 11.9 Å². The molecule has 2 rings (SSSR count). The van der Waals surface area contributed by atoms with E-state index in [1.165, 1.54) is 12.1 Å². The van der Waals surface area contributed by atoms with E-state index in [0.717, 1.165) is 12.8 Å². The van der Waals surface area contributed by atoms with Crippen LogP contribution in [0.15, 0.2) is 22.7 Å². The van der Waals surface area contributed by atoms with Crippen molar-refractivity contribution in [1.29, 1.82) is 0 Å². The number of rotatable bonds is 5. The number of carboxylic acid groups (broad SMARTS) is 1. The first-order valence-corrected chi connectivity index (χ1v) is 6.28. The molecule has 1 aliphatic carbocycles. The highest BCUT2D eigenvalue weighted by molar-refractivity contribution is 9.10. The Labute approximate surface area is 107 Å². The maximum atomic E-state index is 13.6. The van der Waals surface area contributed by atoms with Gasteiger partial charge in [0, 0.05) is 10.0 Å². The molecule has 1 aliphatic rings. The number of aliphatic carboxylic acids is 1. The number of nitrogens with one attached hydrogen (secondary N) is 1. The van der Waals surface area contributed by atoms with E-state index in [9.17, 15) is 9.18 Å². The molecule has 0 heterocycles. The van der Waals surface area contributed by atoms with E-state index in [2.05, 4.69) is 21.2 Å². The Morgan fingerprint density at radius 2 is 2.29 bits per heavy atom. The quantitative estimate of drug-likeness (QED) is 0.879. The van der Waals surface area contributed by atoms with Crippen molar-refractivity contribution in [3.05, 3.63) is 34.1 Å². The van der Waals surface area contributed by atoms with Gasteiger partial charge in [-0.1, -0.05) is 15.9 Å². The van der Waals surface area contributed by atoms with Crippen LogP contribution in [0.2, 0.25) is 0 Å². The van der Waals surface area contributed by atoms with Gasteiger partial charge in [0.25, 0.3) is 0 Å². The average Bonchev–Trinajstić information content (AvgIpc) is 3.06. The lowest BCUT2D eigenvalue weighted by atomic mass is 10.1. The van der Waals surface area contributed by atoms with Crippen molar-refractivity contribution in [1.82, 2.24) is 5.32 Å². The first-order valence-electron chi connectivity index (χ1n) is 5.49. The van der Waals surface area contributed by atoms with Gasteiger partial charge in [0.05, 0.1) is 0 Å². The van der Waals surface area contributed by atoms with Gasteiger partial charge < -0.3 is 10.4 Å². The molecule has 0 aromatic heterocycles. The molecule has 1 atom stereocenters. The number of carboxylic acids is 1. The lowest BCUT2D eigenvalue weighted by Gasteiger charge is -2.15. The highest BCUT2D eigenvalue weighted by atomic mass is 79.9. The minimum atomic E-state index is -1.05. The molecule has 1 fully saturated rings. The summed E-state index contributed by atoms with van der Waals surface area (Å²) in [6, 6.07) is 3.36. The van der Waals surface area contributed by atoms with Gasteiger partial charge in [-0.2, -0.15) is 0 Å². The second-order valence-corrected chi connectivity index (χ2v) is 5.20. The molecule has 1 unspecified atom stereocenters. The van der Waals surface area contributed by atoms with Crippen LogP contribution in [-0.4, -0.2) is 17.6 Å². The van der Waals surface area contributed by atoms with Crippen molar-refractivity contribution in [3.63, 3.8) is 0 Å². The minimum absolute atomic E-state index is 0.174. The molecule has 1 saturated carbocycles. The van der Waals surface area contributed by atoms with E-state index in [1.54, 1.807) is 6.07 Å². The summed E-state index contributed by atoms with van der Waals surface area (Å²) in [4.78, 5) is 11.2. The molecule has 3 nitrogen and oxygen atoms in total. The SMILES string of the molecule is O=C(O)C(NCC1CC1)c1cc(Br)ccc1F. The Hall–Kier alpha value is -0.940. The summed E-state index contributed by atoms with van der Waals surface area (Å²) >= 11 is 3.22. The third kappa shape index (κ3) is 3.26. The van der Waals surface area contributed by atoms with Crippen LogP contribution in [0, 0.1) is 11.7 Å². The molecule has 2 N–H and O–H groups in total. The lowest BCUT2D eigenvalue weighted by Crippen LogP contribution is -2.30. The zero-order valence-electron chi connectivity index (χ0n) is 9.12. The Morgan fingerprint density at radius 1 is 1.59 bits per heavy atom. The van der Waals surface area contributed by atoms with Crippen molar-refractivity contribution >= 4 is 21.9 Å². The standard InChI is InChI=1S/C12H13BrFNO2/c13-8-3-4-10(14)9(5-8)11(12(16)17)15-6-7-1-2-7/h3-5,7,11,15H,1-2,6H2,(H,16,17). The summed E-state index contributed by atoms with van der Waals surface area (Å²) < 4.78 is 14.3. The number of hydrogen-bond acceptors (Lipinski definition) is 2. The summed E-state index contributed by atoms with van der Waals surface area (Å²) in [6.45, 7) is 0.628. The van der Waals surface area contributed by atoms with Gasteiger partial charge in [0.15, 0.2) is 0 Å². The van der Waals surface area contributed by atoms with E-state index < -0.39 is 17.8 Å². The highest BCUT2D eigenvalue weighted by Gasteiger charge is 2.27. The van der Waals surface area contributed by atoms with Crippen molar-refractivity contribution in [2.75, 3.05) is 6.54 Å². The zero-order chi connectivity index (χ0) is 12.4. The van der Waals surface area contributed by atoms with E-state index in [-0.39, 0.29) is 5.56 Å². The molecule has 17 heavy (non-hydrogen) atoms. The molecule has 0 aliphatic heterocycles. The normalized spacial score (nSPS) is 16.8. The number of hydrogen-bond donors (Lipinski definition) is 2. The van der Waals surface area contributed by atoms with Crippen LogP contribution in [0.3, 0.4) is 0 Å². The summed E-state index contributed by atoms with van der Waals surface area (Å²) in [6.07, 6.45) is 2.25. The van der Waals surface area contributed by atoms with Gasteiger partial charge in [-0.05, 0) is 43.5 Å². The first kappa shape index (κ1) is 12.5. The van der Waals surface area contributed by atoms with Crippen LogP contribution in [0.1, 0.15) is 24.4 Å². The van der Waals surface area contributed by atoms with E-state index in [1.807, 2.05) is 0 Å². The van der Waals surface area contributed by atoms with Crippen LogP contribution in [0.25, 0.3) is 0 Å². The van der Waals surface area contributed by atoms with Crippen molar-refractivity contribution < 1.29 is 14.3 Å². The number of halogens is 2. The fourth-order valence-electron chi connectivity index (χ4n) is 1.67. The van der Waals surface area contributed by atoms with Gasteiger partial charge >= 0.3 is 5.97 Å². The van der Waals surface area contributed by atoms with Crippen LogP contribution in [-0.2, 0) is 4.79 Å². The molecule has 0 bridgehead atoms. The first-order chi connectivity index (χ1) is 8.08. The second-order valence-electron chi connectivity index (χ2n) is 4.29. The maximum absolute atomic E-state index is 13.6.